The van der Waals surface area contributed by atoms with E-state index >= 15 is 0 Å². The smallest absolute Gasteiger partial charge is 0.161 e. The number of carbonyl (C=O) groups excluding carboxylic acids is 1. The first-order valence-electron chi connectivity index (χ1n) is 6.24. The average molecular weight is 235 g/mol. The van der Waals surface area contributed by atoms with Crippen molar-refractivity contribution in [2.24, 2.45) is 0 Å². The molecule has 0 aliphatic carbocycles. The van der Waals surface area contributed by atoms with E-state index in [1.807, 2.05) is 0 Å². The van der Waals surface area contributed by atoms with E-state index in [4.69, 9.17) is 0 Å². The Morgan fingerprint density at radius 2 is 1.82 bits per heavy atom. The predicted molar refractivity (Wildman–Crippen MR) is 67.1 cm³/mol. The summed E-state index contributed by atoms with van der Waals surface area (Å²) in [5, 5.41) is 0. The van der Waals surface area contributed by atoms with E-state index in [1.165, 1.54) is 31.9 Å². The Morgan fingerprint density at radius 3 is 2.41 bits per heavy atom. The van der Waals surface area contributed by atoms with Crippen LogP contribution in [0.1, 0.15) is 43.0 Å². The number of carbonyl (C=O) groups is 1. The van der Waals surface area contributed by atoms with Crippen LogP contribution in [-0.2, 0) is 0 Å². The monoisotopic (exact) mass is 235 g/mol. The molecule has 2 nitrogen and oxygen atoms in total. The highest BCUT2D eigenvalue weighted by molar-refractivity contribution is 5.99. The van der Waals surface area contributed by atoms with Crippen molar-refractivity contribution in [3.05, 3.63) is 29.6 Å². The number of Topliss-reactive ketones (excluding diaryl/α,β-unsaturated/α-hetero) is 1. The first-order valence-corrected chi connectivity index (χ1v) is 6.24. The number of anilines is 1. The molecule has 0 unspecified atom stereocenters. The van der Waals surface area contributed by atoms with Gasteiger partial charge in [-0.1, -0.05) is 12.8 Å². The predicted octanol–water partition coefficient (Wildman–Crippen LogP) is 3.41. The number of halogens is 1. The molecule has 1 fully saturated rings. The lowest BCUT2D eigenvalue weighted by molar-refractivity contribution is 0.101. The Labute approximate surface area is 101 Å². The van der Waals surface area contributed by atoms with Gasteiger partial charge in [0.15, 0.2) is 5.78 Å². The van der Waals surface area contributed by atoms with Crippen molar-refractivity contribution in [1.29, 1.82) is 0 Å². The zero-order valence-electron chi connectivity index (χ0n) is 10.2. The molecule has 1 aromatic rings. The van der Waals surface area contributed by atoms with Gasteiger partial charge in [0.05, 0.1) is 0 Å². The summed E-state index contributed by atoms with van der Waals surface area (Å²) in [6.45, 7) is 3.42. The van der Waals surface area contributed by atoms with Crippen LogP contribution in [-0.4, -0.2) is 18.9 Å². The second-order valence-corrected chi connectivity index (χ2v) is 4.62. The molecule has 3 heteroatoms. The summed E-state index contributed by atoms with van der Waals surface area (Å²) < 4.78 is 13.2. The largest absolute Gasteiger partial charge is 0.371 e. The van der Waals surface area contributed by atoms with Crippen LogP contribution in [0.4, 0.5) is 10.1 Å². The van der Waals surface area contributed by atoms with E-state index in [9.17, 15) is 9.18 Å². The Hall–Kier alpha value is -1.38. The summed E-state index contributed by atoms with van der Waals surface area (Å²) in [5.41, 5.74) is 1.40. The van der Waals surface area contributed by atoms with Gasteiger partial charge in [-0.2, -0.15) is 0 Å². The lowest BCUT2D eigenvalue weighted by Gasteiger charge is -2.24. The third kappa shape index (κ3) is 2.84. The molecule has 1 aromatic carbocycles. The minimum atomic E-state index is -0.339. The quantitative estimate of drug-likeness (QED) is 0.732. The third-order valence-electron chi connectivity index (χ3n) is 3.28. The van der Waals surface area contributed by atoms with Crippen molar-refractivity contribution in [2.45, 2.75) is 32.6 Å². The van der Waals surface area contributed by atoms with Crippen LogP contribution >= 0.6 is 0 Å². The molecule has 1 aliphatic heterocycles. The van der Waals surface area contributed by atoms with Crippen molar-refractivity contribution in [3.8, 4) is 0 Å². The second-order valence-electron chi connectivity index (χ2n) is 4.62. The molecule has 0 atom stereocenters. The van der Waals surface area contributed by atoms with Crippen LogP contribution in [0, 0.1) is 5.82 Å². The number of hydrogen-bond acceptors (Lipinski definition) is 2. The minimum Gasteiger partial charge on any atom is -0.371 e. The van der Waals surface area contributed by atoms with Crippen molar-refractivity contribution >= 4 is 11.5 Å². The van der Waals surface area contributed by atoms with Crippen LogP contribution < -0.4 is 4.90 Å². The molecule has 17 heavy (non-hydrogen) atoms. The summed E-state index contributed by atoms with van der Waals surface area (Å²) >= 11 is 0. The SMILES string of the molecule is CC(=O)c1cc(F)ccc1N1CCCCCC1. The molecule has 0 amide bonds. The lowest BCUT2D eigenvalue weighted by Crippen LogP contribution is -2.25. The molecule has 92 valence electrons. The van der Waals surface area contributed by atoms with Crippen LogP contribution in [0.5, 0.6) is 0 Å². The summed E-state index contributed by atoms with van der Waals surface area (Å²) in [5.74, 6) is -0.405. The Bertz CT molecular complexity index is 409. The lowest BCUT2D eigenvalue weighted by atomic mass is 10.1. The summed E-state index contributed by atoms with van der Waals surface area (Å²) in [6.07, 6.45) is 4.78. The zero-order valence-corrected chi connectivity index (χ0v) is 10.2. The standard InChI is InChI=1S/C14H18FNO/c1-11(17)13-10-12(15)6-7-14(13)16-8-4-2-3-5-9-16/h6-7,10H,2-5,8-9H2,1H3. The highest BCUT2D eigenvalue weighted by atomic mass is 19.1. The molecule has 0 bridgehead atoms. The number of rotatable bonds is 2. The van der Waals surface area contributed by atoms with E-state index in [0.717, 1.165) is 31.6 Å². The number of benzene rings is 1. The van der Waals surface area contributed by atoms with Crippen molar-refractivity contribution in [1.82, 2.24) is 0 Å². The molecule has 1 aliphatic rings. The molecule has 1 saturated heterocycles. The molecule has 0 spiro atoms. The molecule has 0 aromatic heterocycles. The maximum Gasteiger partial charge on any atom is 0.161 e. The topological polar surface area (TPSA) is 20.3 Å². The maximum atomic E-state index is 13.2. The van der Waals surface area contributed by atoms with Crippen LogP contribution in [0.25, 0.3) is 0 Å². The summed E-state index contributed by atoms with van der Waals surface area (Å²) in [6, 6.07) is 4.52. The van der Waals surface area contributed by atoms with Crippen LogP contribution in [0.3, 0.4) is 0 Å². The first-order chi connectivity index (χ1) is 8.18. The minimum absolute atomic E-state index is 0.0660. The summed E-state index contributed by atoms with van der Waals surface area (Å²) in [4.78, 5) is 13.8. The van der Waals surface area contributed by atoms with Gasteiger partial charge in [-0.15, -0.1) is 0 Å². The van der Waals surface area contributed by atoms with Gasteiger partial charge in [0, 0.05) is 24.3 Å². The van der Waals surface area contributed by atoms with E-state index in [2.05, 4.69) is 4.90 Å². The Kier molecular flexibility index (Phi) is 3.77. The van der Waals surface area contributed by atoms with E-state index < -0.39 is 0 Å². The summed E-state index contributed by atoms with van der Waals surface area (Å²) in [7, 11) is 0. The van der Waals surface area contributed by atoms with Gasteiger partial charge in [0.1, 0.15) is 5.82 Å². The molecule has 0 saturated carbocycles. The van der Waals surface area contributed by atoms with Gasteiger partial charge in [0.2, 0.25) is 0 Å². The fraction of sp³-hybridized carbons (Fsp3) is 0.500. The van der Waals surface area contributed by atoms with Crippen LogP contribution in [0.2, 0.25) is 0 Å². The van der Waals surface area contributed by atoms with E-state index in [-0.39, 0.29) is 11.6 Å². The fourth-order valence-corrected chi connectivity index (χ4v) is 2.38. The van der Waals surface area contributed by atoms with Gasteiger partial charge in [-0.25, -0.2) is 4.39 Å². The third-order valence-corrected chi connectivity index (χ3v) is 3.28. The highest BCUT2D eigenvalue weighted by Crippen LogP contribution is 2.25. The van der Waals surface area contributed by atoms with Gasteiger partial charge in [-0.05, 0) is 38.0 Å². The van der Waals surface area contributed by atoms with Crippen LogP contribution in [0.15, 0.2) is 18.2 Å². The van der Waals surface area contributed by atoms with Gasteiger partial charge in [-0.3, -0.25) is 4.79 Å². The van der Waals surface area contributed by atoms with E-state index in [1.54, 1.807) is 6.07 Å². The second kappa shape index (κ2) is 5.30. The molecule has 2 rings (SSSR count). The number of hydrogen-bond donors (Lipinski definition) is 0. The number of nitrogens with zero attached hydrogens (tertiary/aromatic N) is 1. The van der Waals surface area contributed by atoms with Gasteiger partial charge >= 0.3 is 0 Å². The zero-order chi connectivity index (χ0) is 12.3. The van der Waals surface area contributed by atoms with Crippen molar-refractivity contribution in [2.75, 3.05) is 18.0 Å². The van der Waals surface area contributed by atoms with Crippen molar-refractivity contribution < 1.29 is 9.18 Å². The average Bonchev–Trinajstić information content (AvgIpc) is 2.57. The first kappa shape index (κ1) is 12.1. The number of ketones is 1. The molecular weight excluding hydrogens is 217 g/mol. The molecule has 0 N–H and O–H groups in total. The van der Waals surface area contributed by atoms with Gasteiger partial charge < -0.3 is 4.90 Å². The normalized spacial score (nSPS) is 16.7. The Morgan fingerprint density at radius 1 is 1.18 bits per heavy atom. The van der Waals surface area contributed by atoms with E-state index in [0.29, 0.717) is 5.56 Å². The highest BCUT2D eigenvalue weighted by Gasteiger charge is 2.16. The molecule has 0 radical (unpaired) electrons. The maximum absolute atomic E-state index is 13.2. The van der Waals surface area contributed by atoms with Gasteiger partial charge in [0.25, 0.3) is 0 Å². The fourth-order valence-electron chi connectivity index (χ4n) is 2.38. The molecule has 1 heterocycles. The van der Waals surface area contributed by atoms with Crippen molar-refractivity contribution in [3.63, 3.8) is 0 Å². The molecular formula is C14H18FNO. The Balaban J connectivity index is 2.32.